The Hall–Kier alpha value is -2.10. The van der Waals surface area contributed by atoms with Gasteiger partial charge in [-0.05, 0) is 12.5 Å². The Kier molecular flexibility index (Phi) is 4.14. The van der Waals surface area contributed by atoms with Crippen LogP contribution in [0.25, 0.3) is 10.6 Å². The maximum absolute atomic E-state index is 14.9. The minimum atomic E-state index is -0.576. The summed E-state index contributed by atoms with van der Waals surface area (Å²) < 4.78 is 33.6. The van der Waals surface area contributed by atoms with E-state index >= 15 is 0 Å². The molecule has 0 aromatic carbocycles. The molecular formula is C16H16F2N4O2S. The number of rotatable bonds is 3. The molecule has 4 N–H and O–H groups in total. The van der Waals surface area contributed by atoms with Gasteiger partial charge >= 0.3 is 0 Å². The van der Waals surface area contributed by atoms with E-state index in [9.17, 15) is 13.6 Å². The number of halogens is 2. The van der Waals surface area contributed by atoms with Gasteiger partial charge in [0.2, 0.25) is 0 Å². The van der Waals surface area contributed by atoms with Crippen molar-refractivity contribution in [1.29, 1.82) is 0 Å². The standard InChI is InChI=1S/C16H16F2N4O2S/c17-7-3-11(25-6-7)14-12-8(4-20-16(12)23)13(18)15(22-14)21-10-1-2-24-5-9(10)19/h3,6,9-10H,1-2,4-5,19H2,(H,20,23)(H,21,22). The first-order valence-electron chi connectivity index (χ1n) is 7.89. The number of fused-ring (bicyclic) bond motifs is 1. The summed E-state index contributed by atoms with van der Waals surface area (Å²) >= 11 is 1.12. The van der Waals surface area contributed by atoms with Crippen LogP contribution in [0, 0.1) is 11.6 Å². The normalized spacial score (nSPS) is 22.6. The smallest absolute Gasteiger partial charge is 0.254 e. The van der Waals surface area contributed by atoms with Gasteiger partial charge in [-0.1, -0.05) is 0 Å². The van der Waals surface area contributed by atoms with Crippen molar-refractivity contribution < 1.29 is 18.3 Å². The molecule has 0 bridgehead atoms. The Morgan fingerprint density at radius 2 is 2.28 bits per heavy atom. The Morgan fingerprint density at radius 3 is 3.00 bits per heavy atom. The van der Waals surface area contributed by atoms with Crippen LogP contribution in [0.4, 0.5) is 14.6 Å². The van der Waals surface area contributed by atoms with Gasteiger partial charge in [0.1, 0.15) is 5.82 Å². The van der Waals surface area contributed by atoms with Crippen LogP contribution in [0.5, 0.6) is 0 Å². The van der Waals surface area contributed by atoms with Gasteiger partial charge in [-0.15, -0.1) is 11.3 Å². The number of aromatic nitrogens is 1. The molecule has 4 rings (SSSR count). The van der Waals surface area contributed by atoms with Crippen molar-refractivity contribution in [3.05, 3.63) is 34.2 Å². The molecule has 0 aliphatic carbocycles. The van der Waals surface area contributed by atoms with Crippen molar-refractivity contribution in [2.75, 3.05) is 18.5 Å². The summed E-state index contributed by atoms with van der Waals surface area (Å²) in [4.78, 5) is 16.9. The molecule has 2 aliphatic heterocycles. The molecule has 1 amide bonds. The van der Waals surface area contributed by atoms with Gasteiger partial charge in [-0.25, -0.2) is 13.8 Å². The van der Waals surface area contributed by atoms with Crippen LogP contribution in [-0.2, 0) is 11.3 Å². The van der Waals surface area contributed by atoms with Crippen LogP contribution in [-0.4, -0.2) is 36.2 Å². The van der Waals surface area contributed by atoms with Crippen LogP contribution in [0.1, 0.15) is 22.3 Å². The van der Waals surface area contributed by atoms with Crippen molar-refractivity contribution in [1.82, 2.24) is 10.3 Å². The van der Waals surface area contributed by atoms with Gasteiger partial charge in [0.05, 0.1) is 22.7 Å². The number of hydrogen-bond acceptors (Lipinski definition) is 6. The Labute approximate surface area is 146 Å². The predicted molar refractivity (Wildman–Crippen MR) is 89.5 cm³/mol. The van der Waals surface area contributed by atoms with Crippen molar-refractivity contribution in [3.8, 4) is 10.6 Å². The summed E-state index contributed by atoms with van der Waals surface area (Å²) in [5, 5.41) is 6.96. The first-order valence-corrected chi connectivity index (χ1v) is 8.77. The number of amides is 1. The third-order valence-electron chi connectivity index (χ3n) is 4.41. The van der Waals surface area contributed by atoms with E-state index < -0.39 is 17.5 Å². The van der Waals surface area contributed by atoms with Crippen molar-refractivity contribution in [2.24, 2.45) is 5.73 Å². The van der Waals surface area contributed by atoms with Gasteiger partial charge in [0.25, 0.3) is 5.91 Å². The number of nitrogens with one attached hydrogen (secondary N) is 2. The summed E-state index contributed by atoms with van der Waals surface area (Å²) in [6, 6.07) is 0.818. The van der Waals surface area contributed by atoms with E-state index in [0.29, 0.717) is 24.5 Å². The fourth-order valence-electron chi connectivity index (χ4n) is 3.11. The van der Waals surface area contributed by atoms with E-state index in [0.717, 1.165) is 11.3 Å². The highest BCUT2D eigenvalue weighted by Gasteiger charge is 2.32. The first kappa shape index (κ1) is 16.4. The lowest BCUT2D eigenvalue weighted by molar-refractivity contribution is 0.0751. The summed E-state index contributed by atoms with van der Waals surface area (Å²) in [6.45, 7) is 0.992. The molecule has 2 atom stereocenters. The number of carbonyl (C=O) groups excluding carboxylic acids is 1. The van der Waals surface area contributed by atoms with Gasteiger partial charge in [0, 0.05) is 36.2 Å². The molecule has 25 heavy (non-hydrogen) atoms. The Bertz CT molecular complexity index is 842. The van der Waals surface area contributed by atoms with E-state index in [2.05, 4.69) is 15.6 Å². The highest BCUT2D eigenvalue weighted by atomic mass is 32.1. The Morgan fingerprint density at radius 1 is 1.44 bits per heavy atom. The molecule has 2 aromatic rings. The lowest BCUT2D eigenvalue weighted by Gasteiger charge is -2.30. The molecule has 6 nitrogen and oxygen atoms in total. The van der Waals surface area contributed by atoms with Crippen LogP contribution >= 0.6 is 11.3 Å². The van der Waals surface area contributed by atoms with Crippen LogP contribution < -0.4 is 16.4 Å². The average Bonchev–Trinajstić information content (AvgIpc) is 3.19. The van der Waals surface area contributed by atoms with Crippen LogP contribution in [0.3, 0.4) is 0 Å². The minimum absolute atomic E-state index is 0.0291. The molecule has 2 aliphatic rings. The quantitative estimate of drug-likeness (QED) is 0.772. The molecule has 0 spiro atoms. The third-order valence-corrected chi connectivity index (χ3v) is 5.32. The monoisotopic (exact) mass is 366 g/mol. The second kappa shape index (κ2) is 6.32. The number of thiophene rings is 1. The minimum Gasteiger partial charge on any atom is -0.380 e. The topological polar surface area (TPSA) is 89.3 Å². The molecule has 0 saturated carbocycles. The number of pyridine rings is 1. The fraction of sp³-hybridized carbons (Fsp3) is 0.375. The van der Waals surface area contributed by atoms with E-state index in [1.165, 1.54) is 11.4 Å². The van der Waals surface area contributed by atoms with E-state index in [1.54, 1.807) is 0 Å². The van der Waals surface area contributed by atoms with Crippen molar-refractivity contribution >= 4 is 23.1 Å². The number of anilines is 1. The summed E-state index contributed by atoms with van der Waals surface area (Å²) in [5.41, 5.74) is 6.70. The lowest BCUT2D eigenvalue weighted by atomic mass is 10.0. The highest BCUT2D eigenvalue weighted by Crippen LogP contribution is 2.35. The number of nitrogens with zero attached hydrogens (tertiary/aromatic N) is 1. The zero-order chi connectivity index (χ0) is 17.6. The number of carbonyl (C=O) groups is 1. The zero-order valence-corrected chi connectivity index (χ0v) is 14.0. The van der Waals surface area contributed by atoms with E-state index in [1.807, 2.05) is 0 Å². The fourth-order valence-corrected chi connectivity index (χ4v) is 3.85. The first-order chi connectivity index (χ1) is 12.0. The summed E-state index contributed by atoms with van der Waals surface area (Å²) in [7, 11) is 0. The maximum atomic E-state index is 14.9. The molecule has 1 saturated heterocycles. The maximum Gasteiger partial charge on any atom is 0.254 e. The molecule has 0 radical (unpaired) electrons. The second-order valence-corrected chi connectivity index (χ2v) is 6.98. The second-order valence-electron chi connectivity index (χ2n) is 6.07. The van der Waals surface area contributed by atoms with Crippen molar-refractivity contribution in [3.63, 3.8) is 0 Å². The molecule has 2 aromatic heterocycles. The van der Waals surface area contributed by atoms with E-state index in [4.69, 9.17) is 10.5 Å². The number of nitrogens with two attached hydrogens (primary N) is 1. The van der Waals surface area contributed by atoms with Crippen molar-refractivity contribution in [2.45, 2.75) is 25.0 Å². The predicted octanol–water partition coefficient (Wildman–Crippen LogP) is 1.86. The SMILES string of the molecule is NC1COCCC1Nc1nc(-c2cc(F)cs2)c2c(c1F)CNC2=O. The molecule has 4 heterocycles. The number of ether oxygens (including phenoxy) is 1. The zero-order valence-electron chi connectivity index (χ0n) is 13.1. The molecule has 2 unspecified atom stereocenters. The highest BCUT2D eigenvalue weighted by molar-refractivity contribution is 7.13. The largest absolute Gasteiger partial charge is 0.380 e. The Balaban J connectivity index is 1.79. The summed E-state index contributed by atoms with van der Waals surface area (Å²) in [6.07, 6.45) is 0.625. The van der Waals surface area contributed by atoms with Crippen LogP contribution in [0.15, 0.2) is 11.4 Å². The molecule has 1 fully saturated rings. The average molecular weight is 366 g/mol. The van der Waals surface area contributed by atoms with Crippen LogP contribution in [0.2, 0.25) is 0 Å². The van der Waals surface area contributed by atoms with Gasteiger partial charge < -0.3 is 21.1 Å². The lowest BCUT2D eigenvalue weighted by Crippen LogP contribution is -2.48. The van der Waals surface area contributed by atoms with Gasteiger partial charge in [-0.3, -0.25) is 4.79 Å². The van der Waals surface area contributed by atoms with Gasteiger partial charge in [0.15, 0.2) is 11.6 Å². The molecular weight excluding hydrogens is 350 g/mol. The number of hydrogen-bond donors (Lipinski definition) is 3. The third kappa shape index (κ3) is 2.88. The van der Waals surface area contributed by atoms with Gasteiger partial charge in [-0.2, -0.15) is 0 Å². The molecule has 9 heteroatoms. The molecule has 132 valence electrons. The summed E-state index contributed by atoms with van der Waals surface area (Å²) in [5.74, 6) is -1.37. The van der Waals surface area contributed by atoms with E-state index in [-0.39, 0.29) is 41.3 Å².